The number of hydrogen-bond acceptors (Lipinski definition) is 3. The highest BCUT2D eigenvalue weighted by Crippen LogP contribution is 2.59. The molecule has 1 aromatic rings. The lowest BCUT2D eigenvalue weighted by atomic mass is 9.72. The number of aliphatic hydroxyl groups is 1. The van der Waals surface area contributed by atoms with E-state index in [1.165, 1.54) is 26.8 Å². The minimum atomic E-state index is -4.95. The number of carbonyl (C=O) groups is 1. The predicted molar refractivity (Wildman–Crippen MR) is 78.8 cm³/mol. The first-order valence-corrected chi connectivity index (χ1v) is 7.35. The fourth-order valence-corrected chi connectivity index (χ4v) is 3.16. The van der Waals surface area contributed by atoms with Crippen LogP contribution >= 0.6 is 0 Å². The van der Waals surface area contributed by atoms with E-state index in [-0.39, 0.29) is 5.56 Å². The number of fused-ring (bicyclic) bond motifs is 1. The van der Waals surface area contributed by atoms with Crippen LogP contribution in [0, 0.1) is 12.3 Å². The van der Waals surface area contributed by atoms with Crippen molar-refractivity contribution >= 4 is 5.97 Å². The summed E-state index contributed by atoms with van der Waals surface area (Å²) in [6.07, 6.45) is -5.58. The average Bonchev–Trinajstić information content (AvgIpc) is 2.54. The van der Waals surface area contributed by atoms with Crippen molar-refractivity contribution in [2.45, 2.75) is 58.4 Å². The van der Waals surface area contributed by atoms with Gasteiger partial charge in [0.15, 0.2) is 5.41 Å². The normalized spacial score (nSPS) is 27.7. The molecule has 2 rings (SSSR count). The van der Waals surface area contributed by atoms with Gasteiger partial charge in [-0.25, -0.2) is 0 Å². The number of esters is 1. The van der Waals surface area contributed by atoms with Crippen molar-refractivity contribution in [1.29, 1.82) is 0 Å². The Hall–Kier alpha value is -1.56. The summed E-state index contributed by atoms with van der Waals surface area (Å²) < 4.78 is 46.9. The molecule has 0 aliphatic heterocycles. The Labute approximate surface area is 133 Å². The molecule has 0 fully saturated rings. The first kappa shape index (κ1) is 17.8. The largest absolute Gasteiger partial charge is 0.459 e. The Morgan fingerprint density at radius 1 is 1.26 bits per heavy atom. The van der Waals surface area contributed by atoms with E-state index < -0.39 is 35.2 Å². The Kier molecular flexibility index (Phi) is 3.84. The number of aryl methyl sites for hydroxylation is 1. The van der Waals surface area contributed by atoms with Gasteiger partial charge in [0.05, 0.1) is 0 Å². The van der Waals surface area contributed by atoms with Crippen molar-refractivity contribution in [3.8, 4) is 0 Å². The second-order valence-corrected chi connectivity index (χ2v) is 7.31. The molecule has 0 amide bonds. The van der Waals surface area contributed by atoms with Gasteiger partial charge in [-0.05, 0) is 45.7 Å². The molecule has 1 aliphatic rings. The van der Waals surface area contributed by atoms with Crippen molar-refractivity contribution in [3.05, 3.63) is 34.9 Å². The van der Waals surface area contributed by atoms with Gasteiger partial charge >= 0.3 is 12.1 Å². The summed E-state index contributed by atoms with van der Waals surface area (Å²) >= 11 is 0. The van der Waals surface area contributed by atoms with Crippen molar-refractivity contribution in [2.75, 3.05) is 0 Å². The summed E-state index contributed by atoms with van der Waals surface area (Å²) in [6.45, 7) is 7.27. The van der Waals surface area contributed by atoms with E-state index in [1.807, 2.05) is 0 Å². The maximum absolute atomic E-state index is 13.9. The predicted octanol–water partition coefficient (Wildman–Crippen LogP) is 3.65. The summed E-state index contributed by atoms with van der Waals surface area (Å²) in [6, 6.07) is 4.64. The van der Waals surface area contributed by atoms with Crippen LogP contribution in [0.4, 0.5) is 13.2 Å². The number of rotatable bonds is 1. The molecular weight excluding hydrogens is 309 g/mol. The van der Waals surface area contributed by atoms with E-state index in [4.69, 9.17) is 4.74 Å². The lowest BCUT2D eigenvalue weighted by Gasteiger charge is -2.40. The zero-order valence-electron chi connectivity index (χ0n) is 13.8. The molecule has 0 radical (unpaired) electrons. The molecule has 1 N–H and O–H groups in total. The average molecular weight is 330 g/mol. The van der Waals surface area contributed by atoms with E-state index >= 15 is 0 Å². The monoisotopic (exact) mass is 330 g/mol. The summed E-state index contributed by atoms with van der Waals surface area (Å²) in [4.78, 5) is 12.5. The quantitative estimate of drug-likeness (QED) is 0.800. The number of halogens is 3. The highest BCUT2D eigenvalue weighted by Gasteiger charge is 2.74. The van der Waals surface area contributed by atoms with Gasteiger partial charge in [-0.15, -0.1) is 0 Å². The Morgan fingerprint density at radius 2 is 1.83 bits per heavy atom. The lowest BCUT2D eigenvalue weighted by Crippen LogP contribution is -2.58. The van der Waals surface area contributed by atoms with Gasteiger partial charge in [-0.3, -0.25) is 4.79 Å². The molecule has 0 saturated carbocycles. The van der Waals surface area contributed by atoms with Crippen LogP contribution in [0.1, 0.15) is 44.4 Å². The van der Waals surface area contributed by atoms with Crippen LogP contribution in [0.15, 0.2) is 18.2 Å². The van der Waals surface area contributed by atoms with Crippen LogP contribution in [0.5, 0.6) is 0 Å². The molecule has 6 heteroatoms. The van der Waals surface area contributed by atoms with Gasteiger partial charge in [-0.1, -0.05) is 23.8 Å². The maximum Gasteiger partial charge on any atom is 0.408 e. The van der Waals surface area contributed by atoms with Crippen LogP contribution in [-0.2, 0) is 21.6 Å². The van der Waals surface area contributed by atoms with E-state index in [1.54, 1.807) is 19.1 Å². The number of benzene rings is 1. The van der Waals surface area contributed by atoms with Gasteiger partial charge < -0.3 is 9.84 Å². The molecular formula is C17H21F3O3. The highest BCUT2D eigenvalue weighted by molar-refractivity contribution is 5.82. The fraction of sp³-hybridized carbons (Fsp3) is 0.588. The third-order valence-electron chi connectivity index (χ3n) is 4.30. The molecule has 128 valence electrons. The number of carbonyl (C=O) groups excluding carboxylic acids is 1. The van der Waals surface area contributed by atoms with Gasteiger partial charge in [0, 0.05) is 6.42 Å². The third kappa shape index (κ3) is 2.63. The minimum absolute atomic E-state index is 0.117. The van der Waals surface area contributed by atoms with Crippen molar-refractivity contribution in [3.63, 3.8) is 0 Å². The molecule has 0 heterocycles. The van der Waals surface area contributed by atoms with Crippen LogP contribution in [0.25, 0.3) is 0 Å². The molecule has 23 heavy (non-hydrogen) atoms. The summed E-state index contributed by atoms with van der Waals surface area (Å²) in [5.41, 5.74) is -5.29. The molecule has 0 aromatic heterocycles. The van der Waals surface area contributed by atoms with E-state index in [2.05, 4.69) is 0 Å². The lowest BCUT2D eigenvalue weighted by molar-refractivity contribution is -0.281. The molecule has 1 aliphatic carbocycles. The molecule has 0 spiro atoms. The molecule has 1 aromatic carbocycles. The smallest absolute Gasteiger partial charge is 0.408 e. The fourth-order valence-electron chi connectivity index (χ4n) is 3.16. The van der Waals surface area contributed by atoms with Crippen LogP contribution in [-0.4, -0.2) is 22.9 Å². The Bertz CT molecular complexity index is 641. The van der Waals surface area contributed by atoms with E-state index in [0.717, 1.165) is 12.5 Å². The summed E-state index contributed by atoms with van der Waals surface area (Å²) in [5, 5.41) is 10.7. The van der Waals surface area contributed by atoms with Gasteiger partial charge in [-0.2, -0.15) is 13.2 Å². The van der Waals surface area contributed by atoms with E-state index in [0.29, 0.717) is 5.56 Å². The summed E-state index contributed by atoms with van der Waals surface area (Å²) in [5.74, 6) is -1.45. The maximum atomic E-state index is 13.9. The van der Waals surface area contributed by atoms with Crippen LogP contribution in [0.2, 0.25) is 0 Å². The Balaban J connectivity index is 2.65. The number of ether oxygens (including phenoxy) is 1. The van der Waals surface area contributed by atoms with Crippen molar-refractivity contribution in [2.24, 2.45) is 5.41 Å². The number of alkyl halides is 3. The minimum Gasteiger partial charge on any atom is -0.459 e. The van der Waals surface area contributed by atoms with Crippen LogP contribution < -0.4 is 0 Å². The number of hydrogen-bond donors (Lipinski definition) is 1. The van der Waals surface area contributed by atoms with Crippen LogP contribution in [0.3, 0.4) is 0 Å². The first-order valence-electron chi connectivity index (χ1n) is 7.35. The molecule has 0 bridgehead atoms. The molecule has 0 unspecified atom stereocenters. The molecule has 2 atom stereocenters. The highest BCUT2D eigenvalue weighted by atomic mass is 19.4. The summed E-state index contributed by atoms with van der Waals surface area (Å²) in [7, 11) is 0. The first-order chi connectivity index (χ1) is 10.2. The van der Waals surface area contributed by atoms with Gasteiger partial charge in [0.1, 0.15) is 11.2 Å². The second-order valence-electron chi connectivity index (χ2n) is 7.31. The topological polar surface area (TPSA) is 46.5 Å². The second kappa shape index (κ2) is 4.97. The molecule has 0 saturated heterocycles. The zero-order valence-corrected chi connectivity index (χ0v) is 13.8. The SMILES string of the molecule is Cc1ccc2c(c1)C[C@@](C(=O)OC(C)(C)C)(C(F)(F)F)[C@@]2(C)O. The van der Waals surface area contributed by atoms with Crippen molar-refractivity contribution in [1.82, 2.24) is 0 Å². The molecule has 3 nitrogen and oxygen atoms in total. The standard InChI is InChI=1S/C17H21F3O3/c1-10-6-7-12-11(8-10)9-16(15(12,5)22,17(18,19)20)13(21)23-14(2,3)4/h6-8,22H,9H2,1-5H3/t15-,16-/m0/s1. The Morgan fingerprint density at radius 3 is 2.30 bits per heavy atom. The third-order valence-corrected chi connectivity index (χ3v) is 4.30. The van der Waals surface area contributed by atoms with Gasteiger partial charge in [0.2, 0.25) is 0 Å². The van der Waals surface area contributed by atoms with Crippen molar-refractivity contribution < 1.29 is 27.8 Å². The van der Waals surface area contributed by atoms with E-state index in [9.17, 15) is 23.1 Å². The zero-order chi connectivity index (χ0) is 17.8. The van der Waals surface area contributed by atoms with Gasteiger partial charge in [0.25, 0.3) is 0 Å².